The molecular formula is C26H19N3O2S. The summed E-state index contributed by atoms with van der Waals surface area (Å²) in [5, 5.41) is 22.8. The van der Waals surface area contributed by atoms with Crippen molar-refractivity contribution in [3.63, 3.8) is 0 Å². The zero-order valence-electron chi connectivity index (χ0n) is 17.3. The zero-order valence-corrected chi connectivity index (χ0v) is 18.1. The monoisotopic (exact) mass is 437 g/mol. The molecule has 156 valence electrons. The molecule has 1 saturated heterocycles. The Morgan fingerprint density at radius 3 is 2.47 bits per heavy atom. The number of hydrogen-bond acceptors (Lipinski definition) is 6. The topological polar surface area (TPSA) is 77.1 Å². The maximum atomic E-state index is 13.9. The number of Topliss-reactive ketones (excluding diaryl/α,β-unsaturated/α-hetero) is 1. The Kier molecular flexibility index (Phi) is 4.81. The zero-order chi connectivity index (χ0) is 22.3. The Bertz CT molecular complexity index is 1270. The second-order valence-corrected chi connectivity index (χ2v) is 8.90. The lowest BCUT2D eigenvalue weighted by Gasteiger charge is -2.34. The number of carbonyl (C=O) groups excluding carboxylic acids is 1. The van der Waals surface area contributed by atoms with E-state index < -0.39 is 23.4 Å². The average Bonchev–Trinajstić information content (AvgIpc) is 3.48. The first-order chi connectivity index (χ1) is 15.6. The molecule has 5 rings (SSSR count). The third-order valence-electron chi connectivity index (χ3n) is 6.44. The van der Waals surface area contributed by atoms with Gasteiger partial charge in [-0.25, -0.2) is 0 Å². The number of hydrogen-bond donors (Lipinski definition) is 0. The van der Waals surface area contributed by atoms with Crippen LogP contribution in [0.2, 0.25) is 0 Å². The van der Waals surface area contributed by atoms with Crippen LogP contribution in [0.5, 0.6) is 5.75 Å². The largest absolute Gasteiger partial charge is 0.497 e. The highest BCUT2D eigenvalue weighted by Gasteiger charge is 2.64. The fourth-order valence-electron chi connectivity index (χ4n) is 5.00. The predicted octanol–water partition coefficient (Wildman–Crippen LogP) is 5.17. The van der Waals surface area contributed by atoms with Gasteiger partial charge in [0.05, 0.1) is 31.2 Å². The van der Waals surface area contributed by atoms with Crippen LogP contribution in [-0.2, 0) is 0 Å². The summed E-state index contributed by atoms with van der Waals surface area (Å²) in [4.78, 5) is 16.7. The molecule has 3 atom stereocenters. The molecule has 0 saturated carbocycles. The molecule has 5 nitrogen and oxygen atoms in total. The van der Waals surface area contributed by atoms with E-state index in [9.17, 15) is 15.3 Å². The molecule has 1 aromatic heterocycles. The highest BCUT2D eigenvalue weighted by molar-refractivity contribution is 7.10. The number of carbonyl (C=O) groups is 1. The van der Waals surface area contributed by atoms with Crippen molar-refractivity contribution >= 4 is 23.2 Å². The van der Waals surface area contributed by atoms with Crippen molar-refractivity contribution in [1.29, 1.82) is 10.5 Å². The number of methoxy groups -OCH3 is 1. The smallest absolute Gasteiger partial charge is 0.185 e. The molecule has 3 aromatic rings. The predicted molar refractivity (Wildman–Crippen MR) is 122 cm³/mol. The number of ketones is 1. The van der Waals surface area contributed by atoms with Crippen molar-refractivity contribution in [2.75, 3.05) is 7.11 Å². The van der Waals surface area contributed by atoms with Gasteiger partial charge in [0.2, 0.25) is 0 Å². The summed E-state index contributed by atoms with van der Waals surface area (Å²) in [7, 11) is 1.58. The van der Waals surface area contributed by atoms with Crippen LogP contribution in [0.15, 0.2) is 72.2 Å². The van der Waals surface area contributed by atoms with E-state index >= 15 is 0 Å². The number of thiophene rings is 1. The van der Waals surface area contributed by atoms with Gasteiger partial charge in [0.1, 0.15) is 11.8 Å². The van der Waals surface area contributed by atoms with Gasteiger partial charge in [-0.15, -0.1) is 11.3 Å². The van der Waals surface area contributed by atoms with Crippen LogP contribution in [0.3, 0.4) is 0 Å². The third kappa shape index (κ3) is 2.77. The van der Waals surface area contributed by atoms with Gasteiger partial charge < -0.3 is 9.64 Å². The Balaban J connectivity index is 1.72. The summed E-state index contributed by atoms with van der Waals surface area (Å²) >= 11 is 1.48. The number of nitriles is 2. The second-order valence-electron chi connectivity index (χ2n) is 7.92. The SMILES string of the molecule is COc1ccc(C(=O)C2C(c3cccs3)C(C#N)(C#N)C3c4ccccc4C=CN23)cc1. The van der Waals surface area contributed by atoms with Gasteiger partial charge >= 0.3 is 0 Å². The van der Waals surface area contributed by atoms with Gasteiger partial charge in [0.25, 0.3) is 0 Å². The van der Waals surface area contributed by atoms with E-state index in [1.807, 2.05) is 59.0 Å². The number of nitrogens with zero attached hydrogens (tertiary/aromatic N) is 3. The van der Waals surface area contributed by atoms with Crippen molar-refractivity contribution in [3.05, 3.63) is 93.8 Å². The van der Waals surface area contributed by atoms with Gasteiger partial charge in [-0.2, -0.15) is 10.5 Å². The number of ether oxygens (including phenoxy) is 1. The molecule has 0 bridgehead atoms. The van der Waals surface area contributed by atoms with Crippen LogP contribution in [0.1, 0.15) is 38.3 Å². The highest BCUT2D eigenvalue weighted by Crippen LogP contribution is 2.60. The van der Waals surface area contributed by atoms with E-state index in [2.05, 4.69) is 12.1 Å². The molecule has 0 spiro atoms. The van der Waals surface area contributed by atoms with Crippen molar-refractivity contribution < 1.29 is 9.53 Å². The number of fused-ring (bicyclic) bond motifs is 3. The minimum Gasteiger partial charge on any atom is -0.497 e. The van der Waals surface area contributed by atoms with Gasteiger partial charge in [-0.05, 0) is 52.9 Å². The van der Waals surface area contributed by atoms with Gasteiger partial charge in [0.15, 0.2) is 11.2 Å². The van der Waals surface area contributed by atoms with Gasteiger partial charge in [0, 0.05) is 16.6 Å². The molecule has 0 aliphatic carbocycles. The Labute approximate surface area is 190 Å². The quantitative estimate of drug-likeness (QED) is 0.527. The number of rotatable bonds is 4. The lowest BCUT2D eigenvalue weighted by atomic mass is 9.69. The van der Waals surface area contributed by atoms with E-state index in [4.69, 9.17) is 4.74 Å². The fraction of sp³-hybridized carbons (Fsp3) is 0.192. The van der Waals surface area contributed by atoms with E-state index in [0.29, 0.717) is 11.3 Å². The summed E-state index contributed by atoms with van der Waals surface area (Å²) in [6, 6.07) is 22.1. The summed E-state index contributed by atoms with van der Waals surface area (Å²) in [6.45, 7) is 0. The molecule has 2 aliphatic heterocycles. The maximum Gasteiger partial charge on any atom is 0.185 e. The lowest BCUT2D eigenvalue weighted by molar-refractivity contribution is 0.0875. The maximum absolute atomic E-state index is 13.9. The Morgan fingerprint density at radius 2 is 1.81 bits per heavy atom. The van der Waals surface area contributed by atoms with Crippen LogP contribution in [0, 0.1) is 28.1 Å². The van der Waals surface area contributed by atoms with Crippen molar-refractivity contribution in [2.45, 2.75) is 18.0 Å². The molecule has 0 radical (unpaired) electrons. The summed E-state index contributed by atoms with van der Waals surface area (Å²) in [5.41, 5.74) is 0.962. The average molecular weight is 438 g/mol. The van der Waals surface area contributed by atoms with Crippen LogP contribution in [-0.4, -0.2) is 23.8 Å². The molecule has 3 heterocycles. The fourth-order valence-corrected chi connectivity index (χ4v) is 5.93. The normalized spacial score (nSPS) is 22.3. The first kappa shape index (κ1) is 20.1. The standard InChI is InChI=1S/C26H19N3O2S/c1-31-19-10-8-18(9-11-19)24(30)23-22(21-7-4-14-32-21)26(15-27,16-28)25-20-6-3-2-5-17(20)12-13-29(23)25/h2-14,22-23,25H,1H3. The minimum absolute atomic E-state index is 0.118. The molecule has 0 N–H and O–H groups in total. The van der Waals surface area contributed by atoms with Crippen molar-refractivity contribution in [1.82, 2.24) is 4.90 Å². The molecule has 1 fully saturated rings. The first-order valence-electron chi connectivity index (χ1n) is 10.2. The molecule has 3 unspecified atom stereocenters. The van der Waals surface area contributed by atoms with Crippen molar-refractivity contribution in [3.8, 4) is 17.9 Å². The summed E-state index contributed by atoms with van der Waals surface area (Å²) in [5.74, 6) is -0.0452. The Hall–Kier alpha value is -3.87. The van der Waals surface area contributed by atoms with Gasteiger partial charge in [-0.1, -0.05) is 30.3 Å². The van der Waals surface area contributed by atoms with Crippen LogP contribution >= 0.6 is 11.3 Å². The lowest BCUT2D eigenvalue weighted by Crippen LogP contribution is -2.37. The Morgan fingerprint density at radius 1 is 1.06 bits per heavy atom. The van der Waals surface area contributed by atoms with E-state index in [-0.39, 0.29) is 5.78 Å². The molecule has 32 heavy (non-hydrogen) atoms. The molecule has 0 amide bonds. The van der Waals surface area contributed by atoms with Crippen LogP contribution in [0.25, 0.3) is 6.08 Å². The molecular weight excluding hydrogens is 418 g/mol. The molecule has 2 aromatic carbocycles. The minimum atomic E-state index is -1.42. The molecule has 2 aliphatic rings. The summed E-state index contributed by atoms with van der Waals surface area (Å²) in [6.07, 6.45) is 3.83. The van der Waals surface area contributed by atoms with Gasteiger partial charge in [-0.3, -0.25) is 4.79 Å². The first-order valence-corrected chi connectivity index (χ1v) is 11.1. The van der Waals surface area contributed by atoms with Crippen LogP contribution < -0.4 is 4.74 Å². The van der Waals surface area contributed by atoms with Crippen molar-refractivity contribution in [2.24, 2.45) is 5.41 Å². The van der Waals surface area contributed by atoms with E-state index in [1.54, 1.807) is 31.4 Å². The second kappa shape index (κ2) is 7.67. The molecule has 6 heteroatoms. The highest BCUT2D eigenvalue weighted by atomic mass is 32.1. The van der Waals surface area contributed by atoms with E-state index in [1.165, 1.54) is 11.3 Å². The summed E-state index contributed by atoms with van der Waals surface area (Å²) < 4.78 is 5.23. The third-order valence-corrected chi connectivity index (χ3v) is 7.39. The number of benzene rings is 2. The van der Waals surface area contributed by atoms with Crippen LogP contribution in [0.4, 0.5) is 0 Å². The van der Waals surface area contributed by atoms with E-state index in [0.717, 1.165) is 16.0 Å².